The summed E-state index contributed by atoms with van der Waals surface area (Å²) in [4.78, 5) is 6.76. The topological polar surface area (TPSA) is 42.2 Å². The third-order valence-electron chi connectivity index (χ3n) is 2.92. The summed E-state index contributed by atoms with van der Waals surface area (Å²) >= 11 is 0. The van der Waals surface area contributed by atoms with Gasteiger partial charge in [0.2, 0.25) is 0 Å². The normalized spacial score (nSPS) is 25.1. The van der Waals surface area contributed by atoms with Gasteiger partial charge >= 0.3 is 0 Å². The summed E-state index contributed by atoms with van der Waals surface area (Å²) in [5, 5.41) is 0. The van der Waals surface area contributed by atoms with Crippen LogP contribution >= 0.6 is 0 Å². The van der Waals surface area contributed by atoms with Crippen LogP contribution in [0.2, 0.25) is 0 Å². The zero-order valence-electron chi connectivity index (χ0n) is 8.56. The van der Waals surface area contributed by atoms with Gasteiger partial charge in [-0.15, -0.1) is 0 Å². The Morgan fingerprint density at radius 1 is 1.57 bits per heavy atom. The number of pyridine rings is 1. The molecular formula is C11H17N3. The van der Waals surface area contributed by atoms with Gasteiger partial charge in [0, 0.05) is 31.4 Å². The molecule has 1 aliphatic heterocycles. The number of hydrogen-bond acceptors (Lipinski definition) is 3. The van der Waals surface area contributed by atoms with Gasteiger partial charge in [-0.1, -0.05) is 6.07 Å². The molecule has 1 unspecified atom stereocenters. The summed E-state index contributed by atoms with van der Waals surface area (Å²) in [6, 6.07) is 6.81. The molecule has 3 heteroatoms. The Labute approximate surface area is 84.9 Å². The standard InChI is InChI=1S/C11H17N3/c1-9(11-4-2-3-6-13-11)14-7-5-10(12)8-14/h2-4,6,9-10H,5,7-8,12H2,1H3/t9?,10-/m0/s1. The SMILES string of the molecule is CC(c1ccccn1)N1CC[C@H](N)C1. The highest BCUT2D eigenvalue weighted by Crippen LogP contribution is 2.21. The van der Waals surface area contributed by atoms with E-state index >= 15 is 0 Å². The molecule has 76 valence electrons. The van der Waals surface area contributed by atoms with Crippen LogP contribution in [0.1, 0.15) is 25.1 Å². The van der Waals surface area contributed by atoms with E-state index in [1.807, 2.05) is 18.3 Å². The lowest BCUT2D eigenvalue weighted by Crippen LogP contribution is -2.29. The second-order valence-corrected chi connectivity index (χ2v) is 3.97. The second kappa shape index (κ2) is 4.07. The van der Waals surface area contributed by atoms with E-state index in [9.17, 15) is 0 Å². The van der Waals surface area contributed by atoms with E-state index in [-0.39, 0.29) is 0 Å². The summed E-state index contributed by atoms with van der Waals surface area (Å²) in [7, 11) is 0. The molecule has 14 heavy (non-hydrogen) atoms. The van der Waals surface area contributed by atoms with E-state index in [0.29, 0.717) is 12.1 Å². The highest BCUT2D eigenvalue weighted by Gasteiger charge is 2.24. The van der Waals surface area contributed by atoms with Crippen LogP contribution in [0.15, 0.2) is 24.4 Å². The van der Waals surface area contributed by atoms with Crippen LogP contribution < -0.4 is 5.73 Å². The van der Waals surface area contributed by atoms with Gasteiger partial charge in [-0.2, -0.15) is 0 Å². The van der Waals surface area contributed by atoms with Gasteiger partial charge in [0.1, 0.15) is 0 Å². The monoisotopic (exact) mass is 191 g/mol. The van der Waals surface area contributed by atoms with E-state index in [2.05, 4.69) is 22.9 Å². The van der Waals surface area contributed by atoms with Gasteiger partial charge in [0.05, 0.1) is 5.69 Å². The zero-order valence-corrected chi connectivity index (χ0v) is 8.56. The van der Waals surface area contributed by atoms with Gasteiger partial charge in [0.25, 0.3) is 0 Å². The molecule has 1 saturated heterocycles. The number of aromatic nitrogens is 1. The molecule has 0 radical (unpaired) electrons. The molecule has 1 aromatic heterocycles. The molecule has 2 rings (SSSR count). The summed E-state index contributed by atoms with van der Waals surface area (Å²) in [5.74, 6) is 0. The Kier molecular flexibility index (Phi) is 2.79. The molecule has 2 atom stereocenters. The van der Waals surface area contributed by atoms with E-state index in [1.54, 1.807) is 0 Å². The van der Waals surface area contributed by atoms with Crippen LogP contribution in [0, 0.1) is 0 Å². The molecule has 0 aliphatic carbocycles. The van der Waals surface area contributed by atoms with E-state index in [1.165, 1.54) is 0 Å². The van der Waals surface area contributed by atoms with Crippen molar-refractivity contribution in [1.82, 2.24) is 9.88 Å². The third-order valence-corrected chi connectivity index (χ3v) is 2.92. The van der Waals surface area contributed by atoms with Crippen LogP contribution in [0.25, 0.3) is 0 Å². The smallest absolute Gasteiger partial charge is 0.0572 e. The highest BCUT2D eigenvalue weighted by molar-refractivity contribution is 5.08. The van der Waals surface area contributed by atoms with Gasteiger partial charge in [0.15, 0.2) is 0 Å². The Morgan fingerprint density at radius 3 is 3.00 bits per heavy atom. The number of hydrogen-bond donors (Lipinski definition) is 1. The molecule has 3 nitrogen and oxygen atoms in total. The van der Waals surface area contributed by atoms with Crippen molar-refractivity contribution in [2.24, 2.45) is 5.73 Å². The number of nitrogens with zero attached hydrogens (tertiary/aromatic N) is 2. The largest absolute Gasteiger partial charge is 0.326 e. The van der Waals surface area contributed by atoms with Gasteiger partial charge < -0.3 is 5.73 Å². The molecule has 1 aromatic rings. The van der Waals surface area contributed by atoms with Crippen LogP contribution in [-0.2, 0) is 0 Å². The van der Waals surface area contributed by atoms with E-state index in [4.69, 9.17) is 5.73 Å². The lowest BCUT2D eigenvalue weighted by atomic mass is 10.2. The Bertz CT molecular complexity index is 286. The molecule has 0 aromatic carbocycles. The quantitative estimate of drug-likeness (QED) is 0.763. The lowest BCUT2D eigenvalue weighted by Gasteiger charge is -2.23. The second-order valence-electron chi connectivity index (χ2n) is 3.97. The first-order valence-corrected chi connectivity index (χ1v) is 5.18. The van der Waals surface area contributed by atoms with Crippen LogP contribution in [0.5, 0.6) is 0 Å². The zero-order chi connectivity index (χ0) is 9.97. The van der Waals surface area contributed by atoms with Crippen molar-refractivity contribution in [1.29, 1.82) is 0 Å². The van der Waals surface area contributed by atoms with Gasteiger partial charge in [-0.25, -0.2) is 0 Å². The molecule has 0 saturated carbocycles. The van der Waals surface area contributed by atoms with Crippen molar-refractivity contribution in [3.63, 3.8) is 0 Å². The van der Waals surface area contributed by atoms with E-state index in [0.717, 1.165) is 25.2 Å². The summed E-state index contributed by atoms with van der Waals surface area (Å²) in [6.07, 6.45) is 2.96. The maximum absolute atomic E-state index is 5.88. The Balaban J connectivity index is 2.05. The van der Waals surface area contributed by atoms with Crippen LogP contribution in [-0.4, -0.2) is 29.0 Å². The minimum atomic E-state index is 0.348. The van der Waals surface area contributed by atoms with Gasteiger partial charge in [-0.3, -0.25) is 9.88 Å². The fraction of sp³-hybridized carbons (Fsp3) is 0.545. The fourth-order valence-corrected chi connectivity index (χ4v) is 1.98. The average molecular weight is 191 g/mol. The minimum absolute atomic E-state index is 0.348. The summed E-state index contributed by atoms with van der Waals surface area (Å²) in [6.45, 7) is 4.29. The predicted molar refractivity (Wildman–Crippen MR) is 56.8 cm³/mol. The van der Waals surface area contributed by atoms with Crippen LogP contribution in [0.4, 0.5) is 0 Å². The molecule has 0 amide bonds. The average Bonchev–Trinajstić information content (AvgIpc) is 2.65. The van der Waals surface area contributed by atoms with Crippen molar-refractivity contribution < 1.29 is 0 Å². The summed E-state index contributed by atoms with van der Waals surface area (Å²) < 4.78 is 0. The van der Waals surface area contributed by atoms with Crippen molar-refractivity contribution in [2.75, 3.05) is 13.1 Å². The maximum atomic E-state index is 5.88. The fourth-order valence-electron chi connectivity index (χ4n) is 1.98. The maximum Gasteiger partial charge on any atom is 0.0572 e. The van der Waals surface area contributed by atoms with Crippen LogP contribution in [0.3, 0.4) is 0 Å². The van der Waals surface area contributed by atoms with Gasteiger partial charge in [-0.05, 0) is 25.5 Å². The molecule has 2 N–H and O–H groups in total. The minimum Gasteiger partial charge on any atom is -0.326 e. The highest BCUT2D eigenvalue weighted by atomic mass is 15.2. The molecule has 0 spiro atoms. The Hall–Kier alpha value is -0.930. The van der Waals surface area contributed by atoms with E-state index < -0.39 is 0 Å². The first-order valence-electron chi connectivity index (χ1n) is 5.18. The number of nitrogens with two attached hydrogens (primary N) is 1. The molecule has 1 aliphatic rings. The molecule has 2 heterocycles. The predicted octanol–water partition coefficient (Wildman–Crippen LogP) is 1.18. The molecule has 0 bridgehead atoms. The number of likely N-dealkylation sites (tertiary alicyclic amines) is 1. The molecular weight excluding hydrogens is 174 g/mol. The lowest BCUT2D eigenvalue weighted by molar-refractivity contribution is 0.255. The van der Waals surface area contributed by atoms with Crippen molar-refractivity contribution in [2.45, 2.75) is 25.4 Å². The first-order chi connectivity index (χ1) is 6.77. The van der Waals surface area contributed by atoms with Crippen molar-refractivity contribution in [3.8, 4) is 0 Å². The Morgan fingerprint density at radius 2 is 2.43 bits per heavy atom. The number of rotatable bonds is 2. The third kappa shape index (κ3) is 1.94. The first kappa shape index (κ1) is 9.62. The molecule has 1 fully saturated rings. The van der Waals surface area contributed by atoms with Crippen molar-refractivity contribution in [3.05, 3.63) is 30.1 Å². The van der Waals surface area contributed by atoms with Crippen molar-refractivity contribution >= 4 is 0 Å². The summed E-state index contributed by atoms with van der Waals surface area (Å²) in [5.41, 5.74) is 7.02.